The Morgan fingerprint density at radius 3 is 2.39 bits per heavy atom. The molecule has 3 rings (SSSR count). The first-order valence-corrected chi connectivity index (χ1v) is 7.86. The summed E-state index contributed by atoms with van der Waals surface area (Å²) in [5.41, 5.74) is 1.08. The van der Waals surface area contributed by atoms with Crippen molar-refractivity contribution in [2.75, 3.05) is 6.54 Å². The normalized spacial score (nSPS) is 19.2. The molecule has 0 bridgehead atoms. The van der Waals surface area contributed by atoms with E-state index in [4.69, 9.17) is 0 Å². The van der Waals surface area contributed by atoms with Crippen molar-refractivity contribution in [2.45, 2.75) is 25.8 Å². The molecule has 120 valence electrons. The highest BCUT2D eigenvalue weighted by Crippen LogP contribution is 2.31. The van der Waals surface area contributed by atoms with Crippen LogP contribution >= 0.6 is 0 Å². The van der Waals surface area contributed by atoms with Crippen LogP contribution in [0.4, 0.5) is 8.78 Å². The quantitative estimate of drug-likeness (QED) is 0.831. The van der Waals surface area contributed by atoms with Crippen LogP contribution in [-0.4, -0.2) is 17.4 Å². The van der Waals surface area contributed by atoms with E-state index < -0.39 is 11.6 Å². The number of benzene rings is 2. The molecule has 1 saturated heterocycles. The van der Waals surface area contributed by atoms with Crippen LogP contribution < -0.4 is 0 Å². The van der Waals surface area contributed by atoms with Gasteiger partial charge in [0.25, 0.3) is 0 Å². The highest BCUT2D eigenvalue weighted by molar-refractivity contribution is 5.81. The number of hydrogen-bond donors (Lipinski definition) is 0. The van der Waals surface area contributed by atoms with E-state index in [2.05, 4.69) is 0 Å². The van der Waals surface area contributed by atoms with Crippen LogP contribution in [0.1, 0.15) is 30.5 Å². The monoisotopic (exact) mass is 315 g/mol. The summed E-state index contributed by atoms with van der Waals surface area (Å²) in [4.78, 5) is 14.4. The Bertz CT molecular complexity index is 682. The lowest BCUT2D eigenvalue weighted by Gasteiger charge is -2.25. The van der Waals surface area contributed by atoms with Gasteiger partial charge in [-0.1, -0.05) is 36.4 Å². The van der Waals surface area contributed by atoms with E-state index >= 15 is 0 Å². The number of rotatable bonds is 4. The lowest BCUT2D eigenvalue weighted by Crippen LogP contribution is -2.31. The summed E-state index contributed by atoms with van der Waals surface area (Å²) in [6.45, 7) is 2.61. The van der Waals surface area contributed by atoms with Crippen molar-refractivity contribution < 1.29 is 13.6 Å². The van der Waals surface area contributed by atoms with Crippen LogP contribution in [0.25, 0.3) is 0 Å². The average Bonchev–Trinajstić information content (AvgIpc) is 2.92. The van der Waals surface area contributed by atoms with Gasteiger partial charge in [-0.3, -0.25) is 4.79 Å². The van der Waals surface area contributed by atoms with Gasteiger partial charge in [-0.25, -0.2) is 8.78 Å². The van der Waals surface area contributed by atoms with Gasteiger partial charge in [-0.05, 0) is 37.5 Å². The Labute approximate surface area is 134 Å². The zero-order chi connectivity index (χ0) is 16.4. The smallest absolute Gasteiger partial charge is 0.226 e. The van der Waals surface area contributed by atoms with Gasteiger partial charge in [0, 0.05) is 18.0 Å². The molecule has 1 amide bonds. The van der Waals surface area contributed by atoms with Crippen molar-refractivity contribution in [3.63, 3.8) is 0 Å². The van der Waals surface area contributed by atoms with Gasteiger partial charge in [0.05, 0.1) is 6.04 Å². The Morgan fingerprint density at radius 1 is 1.09 bits per heavy atom. The van der Waals surface area contributed by atoms with E-state index in [0.29, 0.717) is 13.0 Å². The molecule has 0 aliphatic carbocycles. The summed E-state index contributed by atoms with van der Waals surface area (Å²) in [5, 5.41) is 0. The molecule has 4 heteroatoms. The SMILES string of the molecule is C[C@@H](c1ccccc1)N1CC[C@H](Cc2c(F)cccc2F)C1=O. The first-order chi connectivity index (χ1) is 11.1. The van der Waals surface area contributed by atoms with E-state index in [-0.39, 0.29) is 29.9 Å². The molecule has 1 fully saturated rings. The predicted octanol–water partition coefficient (Wildman–Crippen LogP) is 4.12. The number of likely N-dealkylation sites (tertiary alicyclic amines) is 1. The average molecular weight is 315 g/mol. The summed E-state index contributed by atoms with van der Waals surface area (Å²) in [6, 6.07) is 13.6. The summed E-state index contributed by atoms with van der Waals surface area (Å²) in [6.07, 6.45) is 0.749. The maximum Gasteiger partial charge on any atom is 0.226 e. The Kier molecular flexibility index (Phi) is 4.42. The second kappa shape index (κ2) is 6.49. The molecular weight excluding hydrogens is 296 g/mol. The number of carbonyl (C=O) groups excluding carboxylic acids is 1. The van der Waals surface area contributed by atoms with Crippen LogP contribution in [0.3, 0.4) is 0 Å². The van der Waals surface area contributed by atoms with Gasteiger partial charge in [0.2, 0.25) is 5.91 Å². The molecule has 2 aromatic carbocycles. The molecule has 0 unspecified atom stereocenters. The Morgan fingerprint density at radius 2 is 1.74 bits per heavy atom. The molecule has 0 saturated carbocycles. The van der Waals surface area contributed by atoms with Crippen molar-refractivity contribution in [3.05, 3.63) is 71.3 Å². The lowest BCUT2D eigenvalue weighted by atomic mass is 9.97. The second-order valence-corrected chi connectivity index (χ2v) is 6.01. The fraction of sp³-hybridized carbons (Fsp3) is 0.316. The molecule has 2 atom stereocenters. The number of nitrogens with zero attached hydrogens (tertiary/aromatic N) is 1. The molecule has 2 nitrogen and oxygen atoms in total. The molecule has 0 N–H and O–H groups in total. The van der Waals surface area contributed by atoms with Gasteiger partial charge in [0.15, 0.2) is 0 Å². The molecule has 0 aromatic heterocycles. The van der Waals surface area contributed by atoms with Crippen molar-refractivity contribution in [2.24, 2.45) is 5.92 Å². The number of amides is 1. The molecule has 1 aliphatic heterocycles. The summed E-state index contributed by atoms with van der Waals surface area (Å²) >= 11 is 0. The van der Waals surface area contributed by atoms with Gasteiger partial charge in [0.1, 0.15) is 11.6 Å². The number of hydrogen-bond acceptors (Lipinski definition) is 1. The van der Waals surface area contributed by atoms with E-state index in [0.717, 1.165) is 5.56 Å². The van der Waals surface area contributed by atoms with Crippen molar-refractivity contribution in [1.82, 2.24) is 4.90 Å². The first kappa shape index (κ1) is 15.7. The summed E-state index contributed by atoms with van der Waals surface area (Å²) < 4.78 is 27.6. The van der Waals surface area contributed by atoms with Gasteiger partial charge >= 0.3 is 0 Å². The van der Waals surface area contributed by atoms with Gasteiger partial charge in [-0.15, -0.1) is 0 Å². The zero-order valence-electron chi connectivity index (χ0n) is 13.0. The molecule has 1 aliphatic rings. The third-order valence-corrected chi connectivity index (χ3v) is 4.61. The summed E-state index contributed by atoms with van der Waals surface area (Å²) in [5.74, 6) is -1.53. The standard InChI is InChI=1S/C19H19F2NO/c1-13(14-6-3-2-4-7-14)22-11-10-15(19(22)23)12-16-17(20)8-5-9-18(16)21/h2-9,13,15H,10-12H2,1H3/t13-,15+/m0/s1. The van der Waals surface area contributed by atoms with Gasteiger partial charge in [-0.2, -0.15) is 0 Å². The predicted molar refractivity (Wildman–Crippen MR) is 84.7 cm³/mol. The lowest BCUT2D eigenvalue weighted by molar-refractivity contribution is -0.132. The highest BCUT2D eigenvalue weighted by atomic mass is 19.1. The Hall–Kier alpha value is -2.23. The van der Waals surface area contributed by atoms with Crippen LogP contribution in [-0.2, 0) is 11.2 Å². The minimum Gasteiger partial charge on any atom is -0.336 e. The van der Waals surface area contributed by atoms with Crippen molar-refractivity contribution >= 4 is 5.91 Å². The van der Waals surface area contributed by atoms with E-state index in [1.807, 2.05) is 37.3 Å². The fourth-order valence-electron chi connectivity index (χ4n) is 3.22. The minimum absolute atomic E-state index is 0.0139. The third kappa shape index (κ3) is 3.11. The molecule has 0 radical (unpaired) electrons. The number of halogens is 2. The first-order valence-electron chi connectivity index (χ1n) is 7.86. The van der Waals surface area contributed by atoms with Crippen molar-refractivity contribution in [3.8, 4) is 0 Å². The van der Waals surface area contributed by atoms with Crippen molar-refractivity contribution in [1.29, 1.82) is 0 Å². The largest absolute Gasteiger partial charge is 0.336 e. The maximum atomic E-state index is 13.8. The zero-order valence-corrected chi connectivity index (χ0v) is 13.0. The van der Waals surface area contributed by atoms with E-state index in [1.165, 1.54) is 18.2 Å². The topological polar surface area (TPSA) is 20.3 Å². The molecule has 1 heterocycles. The second-order valence-electron chi connectivity index (χ2n) is 6.01. The minimum atomic E-state index is -0.577. The fourth-order valence-corrected chi connectivity index (χ4v) is 3.22. The number of carbonyl (C=O) groups is 1. The highest BCUT2D eigenvalue weighted by Gasteiger charge is 2.35. The third-order valence-electron chi connectivity index (χ3n) is 4.61. The Balaban J connectivity index is 1.74. The molecular formula is C19H19F2NO. The molecule has 0 spiro atoms. The van der Waals surface area contributed by atoms with Crippen LogP contribution in [0, 0.1) is 17.6 Å². The van der Waals surface area contributed by atoms with Crippen LogP contribution in [0.2, 0.25) is 0 Å². The van der Waals surface area contributed by atoms with E-state index in [9.17, 15) is 13.6 Å². The van der Waals surface area contributed by atoms with Crippen LogP contribution in [0.15, 0.2) is 48.5 Å². The van der Waals surface area contributed by atoms with Crippen LogP contribution in [0.5, 0.6) is 0 Å². The molecule has 2 aromatic rings. The summed E-state index contributed by atoms with van der Waals surface area (Å²) in [7, 11) is 0. The van der Waals surface area contributed by atoms with Gasteiger partial charge < -0.3 is 4.90 Å². The van der Waals surface area contributed by atoms with E-state index in [1.54, 1.807) is 4.90 Å². The molecule has 23 heavy (non-hydrogen) atoms. The maximum absolute atomic E-state index is 13.8.